The number of carbonyl (C=O) groups excluding carboxylic acids is 1. The summed E-state index contributed by atoms with van der Waals surface area (Å²) in [5.41, 5.74) is 1.07. The highest BCUT2D eigenvalue weighted by Crippen LogP contribution is 2.41. The van der Waals surface area contributed by atoms with Gasteiger partial charge >= 0.3 is 11.9 Å². The molecule has 1 aliphatic rings. The number of aliphatic hydroxyl groups is 1. The summed E-state index contributed by atoms with van der Waals surface area (Å²) in [6.45, 7) is 1.21. The van der Waals surface area contributed by atoms with E-state index in [1.165, 1.54) is 12.1 Å². The highest BCUT2D eigenvalue weighted by molar-refractivity contribution is 8.18. The standard InChI is InChI=1S/C22H17Cl2NO6S/c1-2-30-22(29)18-19(28)16(32-21(18)25-13-6-4-3-5-7-13)10-12-8-14(23)20(15(24)9-12)31-11-17(26)27/h3-10,28H,2,11H2,1H3,(H,26,27)/b16-10-,25-21?. The second kappa shape index (κ2) is 10.6. The molecule has 0 saturated heterocycles. The van der Waals surface area contributed by atoms with Crippen LogP contribution in [0.4, 0.5) is 5.69 Å². The Balaban J connectivity index is 1.99. The normalized spacial score (nSPS) is 16.0. The van der Waals surface area contributed by atoms with Crippen molar-refractivity contribution < 1.29 is 29.3 Å². The molecule has 166 valence electrons. The first kappa shape index (κ1) is 23.7. The van der Waals surface area contributed by atoms with E-state index in [1.807, 2.05) is 6.07 Å². The van der Waals surface area contributed by atoms with Gasteiger partial charge in [-0.15, -0.1) is 0 Å². The maximum Gasteiger partial charge on any atom is 0.344 e. The molecular formula is C22H17Cl2NO6S. The van der Waals surface area contributed by atoms with Gasteiger partial charge in [-0.25, -0.2) is 14.6 Å². The number of aliphatic hydroxyl groups excluding tert-OH is 1. The maximum atomic E-state index is 12.5. The van der Waals surface area contributed by atoms with Gasteiger partial charge in [0.15, 0.2) is 12.4 Å². The highest BCUT2D eigenvalue weighted by atomic mass is 35.5. The number of carboxylic acids is 1. The fourth-order valence-corrected chi connectivity index (χ4v) is 4.35. The average molecular weight is 494 g/mol. The van der Waals surface area contributed by atoms with Gasteiger partial charge in [0.25, 0.3) is 0 Å². The summed E-state index contributed by atoms with van der Waals surface area (Å²) in [6, 6.07) is 12.0. The lowest BCUT2D eigenvalue weighted by Gasteiger charge is -2.09. The van der Waals surface area contributed by atoms with E-state index in [0.717, 1.165) is 11.8 Å². The summed E-state index contributed by atoms with van der Waals surface area (Å²) in [6.07, 6.45) is 1.57. The Hall–Kier alpha value is -2.94. The van der Waals surface area contributed by atoms with Gasteiger partial charge < -0.3 is 19.7 Å². The predicted octanol–water partition coefficient (Wildman–Crippen LogP) is 5.65. The topological polar surface area (TPSA) is 105 Å². The Bertz CT molecular complexity index is 1120. The zero-order chi connectivity index (χ0) is 23.3. The van der Waals surface area contributed by atoms with E-state index in [4.69, 9.17) is 37.8 Å². The van der Waals surface area contributed by atoms with E-state index in [0.29, 0.717) is 16.2 Å². The predicted molar refractivity (Wildman–Crippen MR) is 125 cm³/mol. The second-order valence-electron chi connectivity index (χ2n) is 6.30. The van der Waals surface area contributed by atoms with Gasteiger partial charge in [0.2, 0.25) is 0 Å². The Morgan fingerprint density at radius 1 is 1.16 bits per heavy atom. The van der Waals surface area contributed by atoms with Crippen molar-refractivity contribution in [3.05, 3.63) is 74.3 Å². The SMILES string of the molecule is CCOC(=O)C1=C(O)/C(=C/c2cc(Cl)c(OCC(=O)O)c(Cl)c2)SC1=Nc1ccccc1. The van der Waals surface area contributed by atoms with Crippen LogP contribution in [0.15, 0.2) is 63.7 Å². The molecule has 0 bridgehead atoms. The number of nitrogens with zero attached hydrogens (tertiary/aromatic N) is 1. The third-order valence-electron chi connectivity index (χ3n) is 4.02. The summed E-state index contributed by atoms with van der Waals surface area (Å²) in [7, 11) is 0. The molecule has 0 amide bonds. The number of aliphatic carboxylic acids is 1. The summed E-state index contributed by atoms with van der Waals surface area (Å²) >= 11 is 13.5. The van der Waals surface area contributed by atoms with E-state index in [1.54, 1.807) is 37.3 Å². The van der Waals surface area contributed by atoms with E-state index in [2.05, 4.69) is 4.99 Å². The van der Waals surface area contributed by atoms with Crippen LogP contribution >= 0.6 is 35.0 Å². The molecule has 2 N–H and O–H groups in total. The fraction of sp³-hybridized carbons (Fsp3) is 0.136. The number of hydrogen-bond acceptors (Lipinski definition) is 7. The van der Waals surface area contributed by atoms with Crippen LogP contribution in [0.3, 0.4) is 0 Å². The minimum atomic E-state index is -1.17. The number of carboxylic acid groups (broad SMARTS) is 1. The lowest BCUT2D eigenvalue weighted by Crippen LogP contribution is -2.12. The first-order valence-corrected chi connectivity index (χ1v) is 10.9. The van der Waals surface area contributed by atoms with Crippen molar-refractivity contribution in [2.24, 2.45) is 4.99 Å². The molecule has 0 fully saturated rings. The Labute approximate surface area is 198 Å². The van der Waals surface area contributed by atoms with Crippen molar-refractivity contribution in [3.63, 3.8) is 0 Å². The van der Waals surface area contributed by atoms with Gasteiger partial charge in [-0.05, 0) is 42.8 Å². The Kier molecular flexibility index (Phi) is 7.84. The first-order valence-electron chi connectivity index (χ1n) is 9.28. The summed E-state index contributed by atoms with van der Waals surface area (Å²) in [5.74, 6) is -2.10. The van der Waals surface area contributed by atoms with Crippen molar-refractivity contribution >= 4 is 63.7 Å². The molecule has 0 aliphatic carbocycles. The fourth-order valence-electron chi connectivity index (χ4n) is 2.70. The molecule has 0 radical (unpaired) electrons. The molecule has 1 heterocycles. The molecule has 2 aromatic rings. The number of carbonyl (C=O) groups is 2. The average Bonchev–Trinajstić information content (AvgIpc) is 3.02. The van der Waals surface area contributed by atoms with Crippen molar-refractivity contribution in [2.75, 3.05) is 13.2 Å². The number of ether oxygens (including phenoxy) is 2. The zero-order valence-corrected chi connectivity index (χ0v) is 19.0. The largest absolute Gasteiger partial charge is 0.506 e. The Morgan fingerprint density at radius 3 is 2.41 bits per heavy atom. The van der Waals surface area contributed by atoms with Crippen LogP contribution in [-0.4, -0.2) is 40.4 Å². The third-order valence-corrected chi connectivity index (χ3v) is 5.60. The molecule has 1 aliphatic heterocycles. The highest BCUT2D eigenvalue weighted by Gasteiger charge is 2.33. The zero-order valence-electron chi connectivity index (χ0n) is 16.7. The van der Waals surface area contributed by atoms with Crippen molar-refractivity contribution in [2.45, 2.75) is 6.92 Å². The minimum Gasteiger partial charge on any atom is -0.506 e. The molecule has 0 unspecified atom stereocenters. The van der Waals surface area contributed by atoms with Gasteiger partial charge in [0, 0.05) is 0 Å². The van der Waals surface area contributed by atoms with E-state index in [9.17, 15) is 14.7 Å². The third kappa shape index (κ3) is 5.64. The lowest BCUT2D eigenvalue weighted by molar-refractivity contribution is -0.139. The smallest absolute Gasteiger partial charge is 0.344 e. The maximum absolute atomic E-state index is 12.5. The molecule has 2 aromatic carbocycles. The quantitative estimate of drug-likeness (QED) is 0.479. The number of esters is 1. The number of aliphatic imine (C=N–C) groups is 1. The van der Waals surface area contributed by atoms with Crippen LogP contribution in [-0.2, 0) is 14.3 Å². The minimum absolute atomic E-state index is 0.0365. The van der Waals surface area contributed by atoms with Gasteiger partial charge in [-0.1, -0.05) is 53.2 Å². The van der Waals surface area contributed by atoms with Gasteiger partial charge in [0.1, 0.15) is 16.4 Å². The lowest BCUT2D eigenvalue weighted by atomic mass is 10.1. The van der Waals surface area contributed by atoms with Crippen LogP contribution in [0, 0.1) is 0 Å². The van der Waals surface area contributed by atoms with Crippen molar-refractivity contribution in [1.82, 2.24) is 0 Å². The van der Waals surface area contributed by atoms with Gasteiger partial charge in [-0.2, -0.15) is 0 Å². The second-order valence-corrected chi connectivity index (χ2v) is 8.15. The van der Waals surface area contributed by atoms with Crippen LogP contribution in [0.1, 0.15) is 12.5 Å². The van der Waals surface area contributed by atoms with Crippen LogP contribution < -0.4 is 4.74 Å². The molecular weight excluding hydrogens is 477 g/mol. The van der Waals surface area contributed by atoms with E-state index >= 15 is 0 Å². The van der Waals surface area contributed by atoms with E-state index in [-0.39, 0.29) is 38.8 Å². The molecule has 7 nitrogen and oxygen atoms in total. The number of thioether (sulfide) groups is 1. The molecule has 32 heavy (non-hydrogen) atoms. The Morgan fingerprint density at radius 2 is 1.81 bits per heavy atom. The summed E-state index contributed by atoms with van der Waals surface area (Å²) < 4.78 is 10.2. The van der Waals surface area contributed by atoms with Crippen molar-refractivity contribution in [1.29, 1.82) is 0 Å². The van der Waals surface area contributed by atoms with Gasteiger partial charge in [-0.3, -0.25) is 0 Å². The van der Waals surface area contributed by atoms with Crippen molar-refractivity contribution in [3.8, 4) is 5.75 Å². The monoisotopic (exact) mass is 493 g/mol. The summed E-state index contributed by atoms with van der Waals surface area (Å²) in [4.78, 5) is 28.0. The number of benzene rings is 2. The summed E-state index contributed by atoms with van der Waals surface area (Å²) in [5, 5.41) is 20.0. The molecule has 0 saturated carbocycles. The molecule has 0 spiro atoms. The number of rotatable bonds is 7. The first-order chi connectivity index (χ1) is 15.3. The van der Waals surface area contributed by atoms with Crippen LogP contribution in [0.25, 0.3) is 6.08 Å². The molecule has 10 heteroatoms. The number of para-hydroxylation sites is 1. The van der Waals surface area contributed by atoms with E-state index < -0.39 is 18.5 Å². The molecule has 0 aromatic heterocycles. The van der Waals surface area contributed by atoms with Gasteiger partial charge in [0.05, 0.1) is 27.2 Å². The molecule has 3 rings (SSSR count). The number of halogens is 2. The van der Waals surface area contributed by atoms with Crippen LogP contribution in [0.5, 0.6) is 5.75 Å². The molecule has 0 atom stereocenters. The number of hydrogen-bond donors (Lipinski definition) is 2. The van der Waals surface area contributed by atoms with Crippen LogP contribution in [0.2, 0.25) is 10.0 Å².